The zero-order valence-electron chi connectivity index (χ0n) is 16.0. The van der Waals surface area contributed by atoms with Gasteiger partial charge in [0.05, 0.1) is 22.4 Å². The fourth-order valence-electron chi connectivity index (χ4n) is 4.82. The number of halogens is 2. The average Bonchev–Trinajstić information content (AvgIpc) is 3.41. The highest BCUT2D eigenvalue weighted by Gasteiger charge is 2.44. The summed E-state index contributed by atoms with van der Waals surface area (Å²) in [6.45, 7) is 1.99. The van der Waals surface area contributed by atoms with Gasteiger partial charge >= 0.3 is 0 Å². The maximum atomic E-state index is 13.2. The van der Waals surface area contributed by atoms with Gasteiger partial charge in [-0.1, -0.05) is 53.5 Å². The third-order valence-corrected chi connectivity index (χ3v) is 6.72. The molecule has 5 rings (SSSR count). The number of aromatic nitrogens is 2. The summed E-state index contributed by atoms with van der Waals surface area (Å²) in [6, 6.07) is 15.3. The largest absolute Gasteiger partial charge is 0.344 e. The molecule has 0 aliphatic heterocycles. The van der Waals surface area contributed by atoms with Crippen LogP contribution >= 0.6 is 23.2 Å². The summed E-state index contributed by atoms with van der Waals surface area (Å²) in [5.74, 6) is 0.707. The first-order valence-corrected chi connectivity index (χ1v) is 10.7. The molecule has 1 aromatic heterocycles. The van der Waals surface area contributed by atoms with Crippen LogP contribution in [0, 0.1) is 0 Å². The summed E-state index contributed by atoms with van der Waals surface area (Å²) in [6.07, 6.45) is 3.34. The molecule has 148 valence electrons. The van der Waals surface area contributed by atoms with Gasteiger partial charge in [0.25, 0.3) is 5.91 Å². The third kappa shape index (κ3) is 3.15. The van der Waals surface area contributed by atoms with Gasteiger partial charge in [-0.15, -0.1) is 0 Å². The van der Waals surface area contributed by atoms with Crippen LogP contribution < -0.4 is 5.32 Å². The minimum Gasteiger partial charge on any atom is -0.344 e. The number of nitrogens with one attached hydrogen (secondary N) is 1. The second kappa shape index (κ2) is 7.19. The number of benzene rings is 2. The molecule has 1 heterocycles. The standard InChI is InChI=1S/C23H21Cl2N3O/c1-13(14-5-3-2-4-6-14)26-23(29)21-20-15-7-8-16(11-15)22(20)28(27-21)19-10-9-17(24)12-18(19)25/h2-6,9-10,12-13,15-16H,7-8,11H2,1H3,(H,26,29)/t13?,15-,16-/m0/s1. The lowest BCUT2D eigenvalue weighted by Gasteiger charge is -2.15. The zero-order chi connectivity index (χ0) is 20.1. The molecular weight excluding hydrogens is 405 g/mol. The van der Waals surface area contributed by atoms with E-state index in [0.717, 1.165) is 41.8 Å². The van der Waals surface area contributed by atoms with E-state index < -0.39 is 0 Å². The van der Waals surface area contributed by atoms with Crippen LogP contribution in [0.25, 0.3) is 5.69 Å². The van der Waals surface area contributed by atoms with Crippen LogP contribution in [0.3, 0.4) is 0 Å². The Morgan fingerprint density at radius 3 is 2.66 bits per heavy atom. The van der Waals surface area contributed by atoms with Crippen LogP contribution in [-0.4, -0.2) is 15.7 Å². The molecule has 1 amide bonds. The number of hydrogen-bond acceptors (Lipinski definition) is 2. The molecule has 1 N–H and O–H groups in total. The van der Waals surface area contributed by atoms with Crippen LogP contribution in [0.4, 0.5) is 0 Å². The summed E-state index contributed by atoms with van der Waals surface area (Å²) in [4.78, 5) is 13.2. The van der Waals surface area contributed by atoms with Crippen LogP contribution in [0.15, 0.2) is 48.5 Å². The van der Waals surface area contributed by atoms with Gasteiger partial charge in [-0.2, -0.15) is 5.10 Å². The monoisotopic (exact) mass is 425 g/mol. The number of rotatable bonds is 4. The Morgan fingerprint density at radius 1 is 1.14 bits per heavy atom. The number of nitrogens with zero attached hydrogens (tertiary/aromatic N) is 2. The molecule has 29 heavy (non-hydrogen) atoms. The van der Waals surface area contributed by atoms with Gasteiger partial charge in [-0.25, -0.2) is 4.68 Å². The van der Waals surface area contributed by atoms with Gasteiger partial charge < -0.3 is 5.32 Å². The molecule has 4 nitrogen and oxygen atoms in total. The van der Waals surface area contributed by atoms with Crippen molar-refractivity contribution in [3.8, 4) is 5.69 Å². The predicted molar refractivity (Wildman–Crippen MR) is 115 cm³/mol. The fourth-order valence-corrected chi connectivity index (χ4v) is 5.31. The fraction of sp³-hybridized carbons (Fsp3) is 0.304. The van der Waals surface area contributed by atoms with E-state index in [1.54, 1.807) is 12.1 Å². The lowest BCUT2D eigenvalue weighted by Crippen LogP contribution is -2.28. The highest BCUT2D eigenvalue weighted by molar-refractivity contribution is 6.35. The molecule has 1 unspecified atom stereocenters. The van der Waals surface area contributed by atoms with E-state index in [4.69, 9.17) is 28.3 Å². The molecule has 2 aliphatic carbocycles. The zero-order valence-corrected chi connectivity index (χ0v) is 17.5. The van der Waals surface area contributed by atoms with E-state index in [2.05, 4.69) is 5.32 Å². The highest BCUT2D eigenvalue weighted by Crippen LogP contribution is 2.54. The molecule has 1 fully saturated rings. The van der Waals surface area contributed by atoms with Gasteiger partial charge in [-0.05, 0) is 55.9 Å². The van der Waals surface area contributed by atoms with Gasteiger partial charge in [0.1, 0.15) is 0 Å². The maximum absolute atomic E-state index is 13.2. The number of hydrogen-bond donors (Lipinski definition) is 1. The van der Waals surface area contributed by atoms with E-state index >= 15 is 0 Å². The van der Waals surface area contributed by atoms with Crippen molar-refractivity contribution in [1.29, 1.82) is 0 Å². The second-order valence-corrected chi connectivity index (χ2v) is 8.81. The smallest absolute Gasteiger partial charge is 0.272 e. The minimum atomic E-state index is -0.131. The number of carbonyl (C=O) groups excluding carboxylic acids is 1. The van der Waals surface area contributed by atoms with Crippen molar-refractivity contribution in [2.45, 2.75) is 44.1 Å². The van der Waals surface area contributed by atoms with Gasteiger partial charge in [-0.3, -0.25) is 4.79 Å². The molecule has 3 aromatic rings. The summed E-state index contributed by atoms with van der Waals surface area (Å²) >= 11 is 12.6. The first-order chi connectivity index (χ1) is 14.0. The number of fused-ring (bicyclic) bond motifs is 5. The Bertz CT molecular complexity index is 1090. The highest BCUT2D eigenvalue weighted by atomic mass is 35.5. The second-order valence-electron chi connectivity index (χ2n) is 7.97. The molecular formula is C23H21Cl2N3O. The summed E-state index contributed by atoms with van der Waals surface area (Å²) in [5, 5.41) is 9.00. The molecule has 2 aromatic carbocycles. The van der Waals surface area contributed by atoms with Crippen molar-refractivity contribution in [2.75, 3.05) is 0 Å². The van der Waals surface area contributed by atoms with Gasteiger partial charge in [0.2, 0.25) is 0 Å². The van der Waals surface area contributed by atoms with Crippen LogP contribution in [0.2, 0.25) is 10.0 Å². The Labute approximate surface area is 179 Å². The molecule has 2 bridgehead atoms. The Hall–Kier alpha value is -2.30. The molecule has 0 spiro atoms. The first-order valence-electron chi connectivity index (χ1n) is 9.97. The molecule has 6 heteroatoms. The Morgan fingerprint density at radius 2 is 1.90 bits per heavy atom. The minimum absolute atomic E-state index is 0.0952. The average molecular weight is 426 g/mol. The Balaban J connectivity index is 1.54. The molecule has 0 radical (unpaired) electrons. The van der Waals surface area contributed by atoms with Crippen LogP contribution in [-0.2, 0) is 0 Å². The van der Waals surface area contributed by atoms with Crippen molar-refractivity contribution in [2.24, 2.45) is 0 Å². The van der Waals surface area contributed by atoms with E-state index in [0.29, 0.717) is 27.6 Å². The van der Waals surface area contributed by atoms with Crippen molar-refractivity contribution in [3.63, 3.8) is 0 Å². The van der Waals surface area contributed by atoms with Gasteiger partial charge in [0.15, 0.2) is 5.69 Å². The summed E-state index contributed by atoms with van der Waals surface area (Å²) < 4.78 is 1.87. The topological polar surface area (TPSA) is 46.9 Å². The first kappa shape index (κ1) is 18.7. The van der Waals surface area contributed by atoms with E-state index in [-0.39, 0.29) is 11.9 Å². The SMILES string of the molecule is CC(NC(=O)c1nn(-c2ccc(Cl)cc2Cl)c2c1[C@H]1CC[C@H]2C1)c1ccccc1. The van der Waals surface area contributed by atoms with Crippen molar-refractivity contribution < 1.29 is 4.79 Å². The number of amides is 1. The van der Waals surface area contributed by atoms with Crippen molar-refractivity contribution in [3.05, 3.63) is 81.1 Å². The van der Waals surface area contributed by atoms with Crippen LogP contribution in [0.1, 0.15) is 71.4 Å². The van der Waals surface area contributed by atoms with Crippen LogP contribution in [0.5, 0.6) is 0 Å². The molecule has 3 atom stereocenters. The van der Waals surface area contributed by atoms with E-state index in [9.17, 15) is 4.79 Å². The third-order valence-electron chi connectivity index (χ3n) is 6.19. The normalized spacial score (nSPS) is 20.5. The van der Waals surface area contributed by atoms with E-state index in [1.165, 1.54) is 0 Å². The summed E-state index contributed by atoms with van der Waals surface area (Å²) in [5.41, 5.74) is 4.61. The van der Waals surface area contributed by atoms with Crippen molar-refractivity contribution in [1.82, 2.24) is 15.1 Å². The summed E-state index contributed by atoms with van der Waals surface area (Å²) in [7, 11) is 0. The van der Waals surface area contributed by atoms with Crippen molar-refractivity contribution >= 4 is 29.1 Å². The molecule has 0 saturated heterocycles. The molecule has 1 saturated carbocycles. The molecule has 2 aliphatic rings. The number of carbonyl (C=O) groups is 1. The quantitative estimate of drug-likeness (QED) is 0.553. The van der Waals surface area contributed by atoms with E-state index in [1.807, 2.05) is 48.0 Å². The lowest BCUT2D eigenvalue weighted by atomic mass is 9.95. The lowest BCUT2D eigenvalue weighted by molar-refractivity contribution is 0.0933. The predicted octanol–water partition coefficient (Wildman–Crippen LogP) is 6.03. The van der Waals surface area contributed by atoms with Gasteiger partial charge in [0, 0.05) is 16.5 Å². The maximum Gasteiger partial charge on any atom is 0.272 e. The Kier molecular flexibility index (Phi) is 4.64.